The van der Waals surface area contributed by atoms with E-state index < -0.39 is 0 Å². The molecule has 0 saturated heterocycles. The van der Waals surface area contributed by atoms with Crippen LogP contribution in [0, 0.1) is 11.3 Å². The highest BCUT2D eigenvalue weighted by atomic mass is 35.5. The Kier molecular flexibility index (Phi) is 2.32. The van der Waals surface area contributed by atoms with Crippen LogP contribution >= 0.6 is 34.3 Å². The minimum atomic E-state index is 0.638. The Morgan fingerprint density at radius 3 is 2.92 bits per heavy atom. The minimum Gasteiger partial charge on any atom is -0.242 e. The molecule has 0 aliphatic carbocycles. The van der Waals surface area contributed by atoms with Crippen molar-refractivity contribution >= 4 is 34.3 Å². The Bertz CT molecular complexity index is 466. The van der Waals surface area contributed by atoms with Crippen molar-refractivity contribution in [3.05, 3.63) is 26.9 Å². The van der Waals surface area contributed by atoms with Crippen LogP contribution in [0.4, 0.5) is 0 Å². The number of nitriles is 1. The normalized spacial score (nSPS) is 9.85. The molecule has 0 bridgehead atoms. The summed E-state index contributed by atoms with van der Waals surface area (Å²) in [5, 5.41) is 8.77. The molecule has 2 heterocycles. The lowest BCUT2D eigenvalue weighted by Gasteiger charge is -1.88. The zero-order valence-electron chi connectivity index (χ0n) is 6.32. The average Bonchev–Trinajstić information content (AvgIpc) is 2.71. The summed E-state index contributed by atoms with van der Waals surface area (Å²) < 4.78 is 0.715. The van der Waals surface area contributed by atoms with Crippen LogP contribution in [-0.4, -0.2) is 4.98 Å². The van der Waals surface area contributed by atoms with Gasteiger partial charge in [0.25, 0.3) is 0 Å². The van der Waals surface area contributed by atoms with E-state index in [-0.39, 0.29) is 0 Å². The fraction of sp³-hybridized carbons (Fsp3) is 0. The van der Waals surface area contributed by atoms with Gasteiger partial charge in [0, 0.05) is 0 Å². The maximum atomic E-state index is 8.77. The topological polar surface area (TPSA) is 36.7 Å². The van der Waals surface area contributed by atoms with E-state index >= 15 is 0 Å². The summed E-state index contributed by atoms with van der Waals surface area (Å²) >= 11 is 8.56. The van der Waals surface area contributed by atoms with Gasteiger partial charge in [-0.1, -0.05) is 11.6 Å². The maximum Gasteiger partial charge on any atom is 0.133 e. The summed E-state index contributed by atoms with van der Waals surface area (Å²) in [6.45, 7) is 0. The molecule has 5 heteroatoms. The van der Waals surface area contributed by atoms with Gasteiger partial charge in [-0.2, -0.15) is 5.26 Å². The standard InChI is InChI=1S/C8H3ClN2S2/c9-7-2-1-5(13-7)8-6(3-10)12-4-11-8/h1-2,4H. The van der Waals surface area contributed by atoms with Crippen molar-refractivity contribution in [1.82, 2.24) is 4.98 Å². The van der Waals surface area contributed by atoms with Crippen LogP contribution in [-0.2, 0) is 0 Å². The first-order valence-corrected chi connectivity index (χ1v) is 5.48. The number of halogens is 1. The lowest BCUT2D eigenvalue weighted by Crippen LogP contribution is -1.74. The Balaban J connectivity index is 2.53. The molecule has 0 aromatic carbocycles. The second-order valence-corrected chi connectivity index (χ2v) is 4.82. The molecule has 0 saturated carbocycles. The Morgan fingerprint density at radius 1 is 1.46 bits per heavy atom. The van der Waals surface area contributed by atoms with Crippen LogP contribution in [0.1, 0.15) is 4.88 Å². The molecule has 2 rings (SSSR count). The number of hydrogen-bond donors (Lipinski definition) is 0. The SMILES string of the molecule is N#Cc1scnc1-c1ccc(Cl)s1. The number of thiazole rings is 1. The van der Waals surface area contributed by atoms with Crippen molar-refractivity contribution in [2.45, 2.75) is 0 Å². The van der Waals surface area contributed by atoms with Crippen molar-refractivity contribution in [1.29, 1.82) is 5.26 Å². The number of nitrogens with zero attached hydrogens (tertiary/aromatic N) is 2. The zero-order valence-corrected chi connectivity index (χ0v) is 8.71. The highest BCUT2D eigenvalue weighted by molar-refractivity contribution is 7.19. The summed E-state index contributed by atoms with van der Waals surface area (Å²) in [7, 11) is 0. The van der Waals surface area contributed by atoms with E-state index in [1.807, 2.05) is 12.1 Å². The first-order valence-electron chi connectivity index (χ1n) is 3.40. The fourth-order valence-electron chi connectivity index (χ4n) is 0.943. The molecule has 2 nitrogen and oxygen atoms in total. The van der Waals surface area contributed by atoms with Crippen LogP contribution in [0.25, 0.3) is 10.6 Å². The zero-order chi connectivity index (χ0) is 9.26. The van der Waals surface area contributed by atoms with Crippen molar-refractivity contribution in [3.8, 4) is 16.6 Å². The number of rotatable bonds is 1. The summed E-state index contributed by atoms with van der Waals surface area (Å²) in [5.41, 5.74) is 2.41. The summed E-state index contributed by atoms with van der Waals surface area (Å²) in [6.07, 6.45) is 0. The van der Waals surface area contributed by atoms with Crippen LogP contribution < -0.4 is 0 Å². The highest BCUT2D eigenvalue weighted by Gasteiger charge is 2.09. The predicted octanol–water partition coefficient (Wildman–Crippen LogP) is 3.40. The van der Waals surface area contributed by atoms with E-state index in [4.69, 9.17) is 16.9 Å². The predicted molar refractivity (Wildman–Crippen MR) is 55.2 cm³/mol. The van der Waals surface area contributed by atoms with Gasteiger partial charge in [0.1, 0.15) is 16.6 Å². The first-order chi connectivity index (χ1) is 6.31. The van der Waals surface area contributed by atoms with E-state index in [0.717, 1.165) is 10.6 Å². The fourth-order valence-corrected chi connectivity index (χ4v) is 2.64. The van der Waals surface area contributed by atoms with Crippen molar-refractivity contribution in [2.24, 2.45) is 0 Å². The van der Waals surface area contributed by atoms with E-state index in [9.17, 15) is 0 Å². The smallest absolute Gasteiger partial charge is 0.133 e. The van der Waals surface area contributed by atoms with Crippen LogP contribution in [0.3, 0.4) is 0 Å². The van der Waals surface area contributed by atoms with Gasteiger partial charge in [-0.25, -0.2) is 4.98 Å². The second-order valence-electron chi connectivity index (χ2n) is 2.25. The largest absolute Gasteiger partial charge is 0.242 e. The summed E-state index contributed by atoms with van der Waals surface area (Å²) in [5.74, 6) is 0. The van der Waals surface area contributed by atoms with E-state index in [1.54, 1.807) is 5.51 Å². The van der Waals surface area contributed by atoms with Crippen LogP contribution in [0.15, 0.2) is 17.6 Å². The molecule has 13 heavy (non-hydrogen) atoms. The molecule has 0 aliphatic rings. The van der Waals surface area contributed by atoms with Gasteiger partial charge in [0.2, 0.25) is 0 Å². The van der Waals surface area contributed by atoms with Gasteiger partial charge in [-0.05, 0) is 12.1 Å². The van der Waals surface area contributed by atoms with Gasteiger partial charge >= 0.3 is 0 Å². The average molecular weight is 227 g/mol. The third-order valence-corrected chi connectivity index (χ3v) is 3.44. The van der Waals surface area contributed by atoms with Crippen LogP contribution in [0.5, 0.6) is 0 Å². The molecule has 2 aromatic heterocycles. The maximum absolute atomic E-state index is 8.77. The molecule has 2 aromatic rings. The Hall–Kier alpha value is -0.890. The Labute approximate surface area is 88.0 Å². The summed E-state index contributed by atoms with van der Waals surface area (Å²) in [4.78, 5) is 5.70. The van der Waals surface area contributed by atoms with Crippen molar-refractivity contribution in [2.75, 3.05) is 0 Å². The molecule has 0 atom stereocenters. The molecule has 0 amide bonds. The summed E-state index contributed by atoms with van der Waals surface area (Å²) in [6, 6.07) is 5.79. The Morgan fingerprint density at radius 2 is 2.31 bits per heavy atom. The van der Waals surface area contributed by atoms with Gasteiger partial charge in [-0.15, -0.1) is 22.7 Å². The third kappa shape index (κ3) is 1.59. The molecular formula is C8H3ClN2S2. The van der Waals surface area contributed by atoms with Crippen molar-refractivity contribution in [3.63, 3.8) is 0 Å². The van der Waals surface area contributed by atoms with E-state index in [2.05, 4.69) is 11.1 Å². The highest BCUT2D eigenvalue weighted by Crippen LogP contribution is 2.33. The van der Waals surface area contributed by atoms with Crippen LogP contribution in [0.2, 0.25) is 4.34 Å². The van der Waals surface area contributed by atoms with E-state index in [1.165, 1.54) is 22.7 Å². The monoisotopic (exact) mass is 226 g/mol. The molecule has 0 radical (unpaired) electrons. The lowest BCUT2D eigenvalue weighted by molar-refractivity contribution is 1.41. The lowest BCUT2D eigenvalue weighted by atomic mass is 10.3. The first kappa shape index (κ1) is 8.70. The second kappa shape index (κ2) is 3.46. The van der Waals surface area contributed by atoms with Gasteiger partial charge < -0.3 is 0 Å². The molecule has 64 valence electrons. The molecule has 0 fully saturated rings. The molecule has 0 spiro atoms. The molecule has 0 N–H and O–H groups in total. The molecular weight excluding hydrogens is 224 g/mol. The van der Waals surface area contributed by atoms with E-state index in [0.29, 0.717) is 9.21 Å². The van der Waals surface area contributed by atoms with Gasteiger partial charge in [0.05, 0.1) is 14.7 Å². The van der Waals surface area contributed by atoms with Gasteiger partial charge in [0.15, 0.2) is 0 Å². The van der Waals surface area contributed by atoms with Gasteiger partial charge in [-0.3, -0.25) is 0 Å². The number of hydrogen-bond acceptors (Lipinski definition) is 4. The molecule has 0 unspecified atom stereocenters. The number of aromatic nitrogens is 1. The van der Waals surface area contributed by atoms with Crippen molar-refractivity contribution < 1.29 is 0 Å². The quantitative estimate of drug-likeness (QED) is 0.747. The minimum absolute atomic E-state index is 0.638. The molecule has 0 aliphatic heterocycles. The third-order valence-electron chi connectivity index (χ3n) is 1.48. The number of thiophene rings is 1.